The fraction of sp³-hybridized carbons (Fsp3) is 0.929. The van der Waals surface area contributed by atoms with Crippen LogP contribution >= 0.6 is 0 Å². The largest absolute Gasteiger partial charge is 0.449 e. The Labute approximate surface area is 106 Å². The molecule has 0 bridgehead atoms. The second-order valence-corrected chi connectivity index (χ2v) is 6.60. The molecule has 1 saturated heterocycles. The zero-order valence-electron chi connectivity index (χ0n) is 12.0. The molecule has 0 aliphatic carbocycles. The molecule has 1 fully saturated rings. The maximum Gasteiger partial charge on any atom is 0.409 e. The second kappa shape index (κ2) is 5.74. The van der Waals surface area contributed by atoms with E-state index in [-0.39, 0.29) is 6.09 Å². The molecule has 3 heteroatoms. The van der Waals surface area contributed by atoms with Gasteiger partial charge in [0, 0.05) is 13.1 Å². The summed E-state index contributed by atoms with van der Waals surface area (Å²) in [5.74, 6) is 1.13. The van der Waals surface area contributed by atoms with Crippen LogP contribution in [0.4, 0.5) is 4.79 Å². The average Bonchev–Trinajstić information content (AvgIpc) is 2.25. The molecular formula is C14H27NO2. The van der Waals surface area contributed by atoms with Crippen molar-refractivity contribution in [1.29, 1.82) is 0 Å². The van der Waals surface area contributed by atoms with Crippen molar-refractivity contribution in [2.45, 2.75) is 47.5 Å². The van der Waals surface area contributed by atoms with Crippen LogP contribution in [0.2, 0.25) is 0 Å². The van der Waals surface area contributed by atoms with E-state index in [0.29, 0.717) is 17.9 Å². The highest BCUT2D eigenvalue weighted by Crippen LogP contribution is 2.34. The van der Waals surface area contributed by atoms with Crippen LogP contribution in [0.15, 0.2) is 0 Å². The third kappa shape index (κ3) is 4.57. The van der Waals surface area contributed by atoms with Crippen LogP contribution in [0.3, 0.4) is 0 Å². The van der Waals surface area contributed by atoms with Crippen molar-refractivity contribution in [3.63, 3.8) is 0 Å². The van der Waals surface area contributed by atoms with Gasteiger partial charge in [0.25, 0.3) is 0 Å². The van der Waals surface area contributed by atoms with Crippen molar-refractivity contribution in [3.05, 3.63) is 0 Å². The summed E-state index contributed by atoms with van der Waals surface area (Å²) in [5, 5.41) is 0. The molecule has 0 radical (unpaired) electrons. The number of hydrogen-bond donors (Lipinski definition) is 0. The molecule has 1 rings (SSSR count). The van der Waals surface area contributed by atoms with Crippen molar-refractivity contribution in [2.75, 3.05) is 19.7 Å². The number of nitrogens with zero attached hydrogens (tertiary/aromatic N) is 1. The maximum atomic E-state index is 11.8. The molecule has 1 aliphatic heterocycles. The minimum atomic E-state index is -0.133. The number of likely N-dealkylation sites (tertiary alicyclic amines) is 1. The van der Waals surface area contributed by atoms with Gasteiger partial charge in [0.1, 0.15) is 0 Å². The monoisotopic (exact) mass is 241 g/mol. The summed E-state index contributed by atoms with van der Waals surface area (Å²) in [5.41, 5.74) is 0.355. The van der Waals surface area contributed by atoms with Gasteiger partial charge >= 0.3 is 6.09 Å². The quantitative estimate of drug-likeness (QED) is 0.740. The van der Waals surface area contributed by atoms with E-state index in [1.54, 1.807) is 0 Å². The number of rotatable bonds is 2. The predicted octanol–water partition coefficient (Wildman–Crippen LogP) is 3.54. The fourth-order valence-electron chi connectivity index (χ4n) is 2.26. The van der Waals surface area contributed by atoms with Crippen LogP contribution in [-0.2, 0) is 4.74 Å². The van der Waals surface area contributed by atoms with Gasteiger partial charge in [-0.05, 0) is 30.1 Å². The van der Waals surface area contributed by atoms with E-state index in [2.05, 4.69) is 34.6 Å². The normalized spacial score (nSPS) is 18.6. The molecule has 3 nitrogen and oxygen atoms in total. The number of carbonyl (C=O) groups is 1. The molecule has 0 aromatic heterocycles. The summed E-state index contributed by atoms with van der Waals surface area (Å²) in [6.45, 7) is 13.2. The fourth-order valence-corrected chi connectivity index (χ4v) is 2.26. The lowest BCUT2D eigenvalue weighted by molar-refractivity contribution is 0.0642. The zero-order chi connectivity index (χ0) is 13.1. The number of amides is 1. The van der Waals surface area contributed by atoms with Crippen molar-refractivity contribution in [2.24, 2.45) is 17.3 Å². The standard InChI is InChI=1S/C14H27NO2/c1-11(2)10-17-13(16)15-8-6-12(7-9-15)14(3,4)5/h11-12H,6-10H2,1-5H3. The Morgan fingerprint density at radius 1 is 1.29 bits per heavy atom. The van der Waals surface area contributed by atoms with Crippen LogP contribution in [0.1, 0.15) is 47.5 Å². The summed E-state index contributed by atoms with van der Waals surface area (Å²) in [6.07, 6.45) is 2.06. The highest BCUT2D eigenvalue weighted by Gasteiger charge is 2.30. The third-order valence-corrected chi connectivity index (χ3v) is 3.52. The lowest BCUT2D eigenvalue weighted by Crippen LogP contribution is -2.41. The molecule has 0 aromatic carbocycles. The predicted molar refractivity (Wildman–Crippen MR) is 69.9 cm³/mol. The van der Waals surface area contributed by atoms with Gasteiger partial charge in [-0.25, -0.2) is 4.79 Å². The van der Waals surface area contributed by atoms with Crippen LogP contribution in [0, 0.1) is 17.3 Å². The van der Waals surface area contributed by atoms with Gasteiger partial charge in [-0.2, -0.15) is 0 Å². The Balaban J connectivity index is 2.34. The summed E-state index contributed by atoms with van der Waals surface area (Å²) in [4.78, 5) is 13.6. The first-order valence-electron chi connectivity index (χ1n) is 6.72. The molecule has 0 atom stereocenters. The van der Waals surface area contributed by atoms with Gasteiger partial charge in [-0.3, -0.25) is 0 Å². The highest BCUT2D eigenvalue weighted by molar-refractivity contribution is 5.67. The molecule has 0 unspecified atom stereocenters. The first kappa shape index (κ1) is 14.3. The van der Waals surface area contributed by atoms with Gasteiger partial charge in [0.15, 0.2) is 0 Å². The first-order chi connectivity index (χ1) is 7.80. The summed E-state index contributed by atoms with van der Waals surface area (Å²) in [7, 11) is 0. The van der Waals surface area contributed by atoms with E-state index in [4.69, 9.17) is 4.74 Å². The Kier molecular flexibility index (Phi) is 4.84. The molecule has 17 heavy (non-hydrogen) atoms. The number of carbonyl (C=O) groups excluding carboxylic acids is 1. The van der Waals surface area contributed by atoms with Crippen molar-refractivity contribution < 1.29 is 9.53 Å². The van der Waals surface area contributed by atoms with E-state index in [0.717, 1.165) is 31.8 Å². The van der Waals surface area contributed by atoms with E-state index in [9.17, 15) is 4.79 Å². The topological polar surface area (TPSA) is 29.5 Å². The summed E-state index contributed by atoms with van der Waals surface area (Å²) < 4.78 is 5.25. The smallest absolute Gasteiger partial charge is 0.409 e. The molecule has 0 saturated carbocycles. The van der Waals surface area contributed by atoms with Crippen LogP contribution < -0.4 is 0 Å². The molecule has 0 spiro atoms. The molecule has 1 aliphatic rings. The number of ether oxygens (including phenoxy) is 1. The van der Waals surface area contributed by atoms with Crippen molar-refractivity contribution >= 4 is 6.09 Å². The van der Waals surface area contributed by atoms with Gasteiger partial charge in [-0.15, -0.1) is 0 Å². The minimum Gasteiger partial charge on any atom is -0.449 e. The van der Waals surface area contributed by atoms with Crippen molar-refractivity contribution in [3.8, 4) is 0 Å². The molecule has 1 amide bonds. The molecule has 1 heterocycles. The van der Waals surface area contributed by atoms with E-state index in [1.165, 1.54) is 0 Å². The van der Waals surface area contributed by atoms with E-state index in [1.807, 2.05) is 4.90 Å². The highest BCUT2D eigenvalue weighted by atomic mass is 16.6. The Morgan fingerprint density at radius 3 is 2.24 bits per heavy atom. The van der Waals surface area contributed by atoms with Gasteiger partial charge in [0.05, 0.1) is 6.61 Å². The van der Waals surface area contributed by atoms with E-state index < -0.39 is 0 Å². The lowest BCUT2D eigenvalue weighted by atomic mass is 9.75. The minimum absolute atomic E-state index is 0.133. The summed E-state index contributed by atoms with van der Waals surface area (Å²) >= 11 is 0. The molecule has 0 aromatic rings. The number of hydrogen-bond acceptors (Lipinski definition) is 2. The van der Waals surface area contributed by atoms with Gasteiger partial charge in [-0.1, -0.05) is 34.6 Å². The second-order valence-electron chi connectivity index (χ2n) is 6.60. The van der Waals surface area contributed by atoms with Crippen LogP contribution in [0.25, 0.3) is 0 Å². The van der Waals surface area contributed by atoms with Crippen LogP contribution in [0.5, 0.6) is 0 Å². The van der Waals surface area contributed by atoms with Gasteiger partial charge < -0.3 is 9.64 Å². The molecule has 100 valence electrons. The van der Waals surface area contributed by atoms with Gasteiger partial charge in [0.2, 0.25) is 0 Å². The number of piperidine rings is 1. The lowest BCUT2D eigenvalue weighted by Gasteiger charge is -2.38. The third-order valence-electron chi connectivity index (χ3n) is 3.52. The molecule has 0 N–H and O–H groups in total. The zero-order valence-corrected chi connectivity index (χ0v) is 12.0. The Hall–Kier alpha value is -0.730. The van der Waals surface area contributed by atoms with E-state index >= 15 is 0 Å². The SMILES string of the molecule is CC(C)COC(=O)N1CCC(C(C)(C)C)CC1. The molecular weight excluding hydrogens is 214 g/mol. The maximum absolute atomic E-state index is 11.8. The first-order valence-corrected chi connectivity index (χ1v) is 6.72. The average molecular weight is 241 g/mol. The van der Waals surface area contributed by atoms with Crippen molar-refractivity contribution in [1.82, 2.24) is 4.90 Å². The van der Waals surface area contributed by atoms with Crippen LogP contribution in [-0.4, -0.2) is 30.7 Å². The Bertz CT molecular complexity index is 247. The Morgan fingerprint density at radius 2 is 1.82 bits per heavy atom. The summed E-state index contributed by atoms with van der Waals surface area (Å²) in [6, 6.07) is 0.